The monoisotopic (exact) mass is 544 g/mol. The van der Waals surface area contributed by atoms with Crippen molar-refractivity contribution in [3.05, 3.63) is 88.2 Å². The van der Waals surface area contributed by atoms with E-state index < -0.39 is 0 Å². The number of hydrogen-bond acceptors (Lipinski definition) is 4. The second kappa shape index (κ2) is 11.0. The molecule has 4 nitrogen and oxygen atoms in total. The van der Waals surface area contributed by atoms with Gasteiger partial charge in [0.15, 0.2) is 0 Å². The Morgan fingerprint density at radius 3 is 2.50 bits per heavy atom. The second-order valence-corrected chi connectivity index (χ2v) is 12.6. The first-order valence-corrected chi connectivity index (χ1v) is 14.3. The van der Waals surface area contributed by atoms with Gasteiger partial charge < -0.3 is 14.2 Å². The lowest BCUT2D eigenvalue weighted by Gasteiger charge is -2.51. The molecule has 3 aromatic carbocycles. The van der Waals surface area contributed by atoms with Crippen LogP contribution in [0.1, 0.15) is 80.4 Å². The third-order valence-corrected chi connectivity index (χ3v) is 8.96. The summed E-state index contributed by atoms with van der Waals surface area (Å²) < 4.78 is 32.5. The Hall–Kier alpha value is -3.18. The van der Waals surface area contributed by atoms with Crippen LogP contribution in [-0.2, 0) is 32.7 Å². The minimum Gasteiger partial charge on any atom is -0.489 e. The maximum absolute atomic E-state index is 15.0. The van der Waals surface area contributed by atoms with E-state index >= 15 is 4.39 Å². The molecule has 0 bridgehead atoms. The molecule has 1 fully saturated rings. The van der Waals surface area contributed by atoms with Crippen LogP contribution in [0.3, 0.4) is 0 Å². The predicted molar refractivity (Wildman–Crippen MR) is 156 cm³/mol. The van der Waals surface area contributed by atoms with Crippen LogP contribution in [0, 0.1) is 24.1 Å². The molecule has 2 aliphatic rings. The van der Waals surface area contributed by atoms with Gasteiger partial charge in [-0.3, -0.25) is 4.79 Å². The highest BCUT2D eigenvalue weighted by atomic mass is 19.1. The molecule has 40 heavy (non-hydrogen) atoms. The summed E-state index contributed by atoms with van der Waals surface area (Å²) in [6, 6.07) is 17.6. The third-order valence-electron chi connectivity index (χ3n) is 8.96. The molecule has 3 atom stereocenters. The Morgan fingerprint density at radius 1 is 1.02 bits per heavy atom. The normalized spacial score (nSPS) is 20.9. The van der Waals surface area contributed by atoms with Crippen molar-refractivity contribution in [2.45, 2.75) is 77.9 Å². The van der Waals surface area contributed by atoms with E-state index in [9.17, 15) is 4.79 Å². The molecule has 0 saturated heterocycles. The van der Waals surface area contributed by atoms with Crippen molar-refractivity contribution in [3.8, 4) is 16.9 Å². The fourth-order valence-corrected chi connectivity index (χ4v) is 6.92. The number of ether oxygens (including phenoxy) is 3. The van der Waals surface area contributed by atoms with Gasteiger partial charge in [0, 0.05) is 18.1 Å². The van der Waals surface area contributed by atoms with Crippen LogP contribution in [-0.4, -0.2) is 20.2 Å². The van der Waals surface area contributed by atoms with Gasteiger partial charge in [0.05, 0.1) is 19.1 Å². The molecule has 212 valence electrons. The number of halogens is 1. The molecule has 5 heteroatoms. The molecule has 0 heterocycles. The zero-order valence-electron chi connectivity index (χ0n) is 24.6. The SMILES string of the molecule is COC(=O)[C@@H]1CC[C@@]12CCCc1ccc(OCc3ccc(-c4cc(C)ccc4F)c([C@H](OC)C(C)(C)C)c3)cc12. The Morgan fingerprint density at radius 2 is 1.82 bits per heavy atom. The van der Waals surface area contributed by atoms with Gasteiger partial charge in [-0.1, -0.05) is 50.6 Å². The van der Waals surface area contributed by atoms with Crippen molar-refractivity contribution in [3.63, 3.8) is 0 Å². The number of hydrogen-bond donors (Lipinski definition) is 0. The summed E-state index contributed by atoms with van der Waals surface area (Å²) >= 11 is 0. The average Bonchev–Trinajstić information content (AvgIpc) is 2.92. The van der Waals surface area contributed by atoms with Crippen molar-refractivity contribution >= 4 is 5.97 Å². The molecule has 2 aliphatic carbocycles. The van der Waals surface area contributed by atoms with Gasteiger partial charge in [-0.15, -0.1) is 0 Å². The lowest BCUT2D eigenvalue weighted by atomic mass is 9.52. The molecule has 1 spiro atoms. The molecular weight excluding hydrogens is 503 g/mol. The van der Waals surface area contributed by atoms with Crippen molar-refractivity contribution in [1.29, 1.82) is 0 Å². The summed E-state index contributed by atoms with van der Waals surface area (Å²) in [5.41, 5.74) is 6.58. The quantitative estimate of drug-likeness (QED) is 0.281. The van der Waals surface area contributed by atoms with Gasteiger partial charge in [-0.2, -0.15) is 0 Å². The number of aryl methyl sites for hydroxylation is 2. The Balaban J connectivity index is 1.46. The number of carbonyl (C=O) groups is 1. The number of fused-ring (bicyclic) bond motifs is 2. The molecule has 0 radical (unpaired) electrons. The van der Waals surface area contributed by atoms with Crippen molar-refractivity contribution in [2.24, 2.45) is 11.3 Å². The molecule has 0 aliphatic heterocycles. The van der Waals surface area contributed by atoms with Crippen LogP contribution in [0.2, 0.25) is 0 Å². The minimum atomic E-state index is -0.246. The number of rotatable bonds is 7. The molecule has 0 amide bonds. The summed E-state index contributed by atoms with van der Waals surface area (Å²) in [6.07, 6.45) is 4.77. The molecular formula is C35H41FO4. The molecule has 1 saturated carbocycles. The van der Waals surface area contributed by atoms with E-state index in [4.69, 9.17) is 14.2 Å². The lowest BCUT2D eigenvalue weighted by molar-refractivity contribution is -0.153. The molecule has 0 aromatic heterocycles. The molecule has 3 aromatic rings. The molecule has 0 N–H and O–H groups in total. The number of carbonyl (C=O) groups excluding carboxylic acids is 1. The van der Waals surface area contributed by atoms with Gasteiger partial charge in [0.25, 0.3) is 0 Å². The predicted octanol–water partition coefficient (Wildman–Crippen LogP) is 8.27. The van der Waals surface area contributed by atoms with Crippen LogP contribution in [0.25, 0.3) is 11.1 Å². The van der Waals surface area contributed by atoms with E-state index in [0.717, 1.165) is 60.1 Å². The first-order valence-electron chi connectivity index (χ1n) is 14.3. The van der Waals surface area contributed by atoms with Crippen LogP contribution in [0.5, 0.6) is 5.75 Å². The van der Waals surface area contributed by atoms with E-state index in [1.165, 1.54) is 24.3 Å². The fourth-order valence-electron chi connectivity index (χ4n) is 6.92. The Labute approximate surface area is 237 Å². The molecule has 0 unspecified atom stereocenters. The maximum atomic E-state index is 15.0. The van der Waals surface area contributed by atoms with Gasteiger partial charge in [-0.25, -0.2) is 4.39 Å². The Kier molecular flexibility index (Phi) is 7.80. The highest BCUT2D eigenvalue weighted by Crippen LogP contribution is 2.56. The van der Waals surface area contributed by atoms with Crippen LogP contribution >= 0.6 is 0 Å². The van der Waals surface area contributed by atoms with Gasteiger partial charge in [0.2, 0.25) is 0 Å². The third kappa shape index (κ3) is 5.16. The first-order chi connectivity index (χ1) is 19.1. The second-order valence-electron chi connectivity index (χ2n) is 12.6. The summed E-state index contributed by atoms with van der Waals surface area (Å²) in [6.45, 7) is 8.74. The largest absolute Gasteiger partial charge is 0.489 e. The van der Waals surface area contributed by atoms with E-state index in [-0.39, 0.29) is 34.6 Å². The van der Waals surface area contributed by atoms with E-state index in [1.807, 2.05) is 31.2 Å². The summed E-state index contributed by atoms with van der Waals surface area (Å²) in [5.74, 6) is 0.371. The van der Waals surface area contributed by atoms with Crippen molar-refractivity contribution in [1.82, 2.24) is 0 Å². The first kappa shape index (κ1) is 28.4. The number of methoxy groups -OCH3 is 2. The number of benzene rings is 3. The van der Waals surface area contributed by atoms with E-state index in [0.29, 0.717) is 12.2 Å². The van der Waals surface area contributed by atoms with Crippen LogP contribution in [0.15, 0.2) is 54.6 Å². The van der Waals surface area contributed by atoms with Crippen LogP contribution < -0.4 is 4.74 Å². The zero-order chi connectivity index (χ0) is 28.7. The summed E-state index contributed by atoms with van der Waals surface area (Å²) in [5, 5.41) is 0. The van der Waals surface area contributed by atoms with Gasteiger partial charge in [-0.05, 0) is 103 Å². The fraction of sp³-hybridized carbons (Fsp3) is 0.457. The van der Waals surface area contributed by atoms with Crippen molar-refractivity contribution < 1.29 is 23.4 Å². The topological polar surface area (TPSA) is 44.8 Å². The van der Waals surface area contributed by atoms with E-state index in [2.05, 4.69) is 39.0 Å². The maximum Gasteiger partial charge on any atom is 0.309 e. The highest BCUT2D eigenvalue weighted by Gasteiger charge is 2.53. The summed E-state index contributed by atoms with van der Waals surface area (Å²) in [7, 11) is 3.19. The smallest absolute Gasteiger partial charge is 0.309 e. The molecule has 5 rings (SSSR count). The van der Waals surface area contributed by atoms with E-state index in [1.54, 1.807) is 13.2 Å². The minimum absolute atomic E-state index is 0.0766. The van der Waals surface area contributed by atoms with Gasteiger partial charge in [0.1, 0.15) is 18.2 Å². The lowest BCUT2D eigenvalue weighted by Crippen LogP contribution is -2.50. The standard InChI is InChI=1S/C35H41FO4/c1-22-9-14-31(36)27(18-22)26-13-10-23(19-28(26)32(38-5)34(2,3)4)21-40-25-12-11-24-8-7-16-35(30(24)20-25)17-15-29(35)33(37)39-6/h9-14,18-20,29,32H,7-8,15-17,21H2,1-6H3/t29-,32-,35-/m0/s1. The highest BCUT2D eigenvalue weighted by molar-refractivity contribution is 5.76. The summed E-state index contributed by atoms with van der Waals surface area (Å²) in [4.78, 5) is 12.5. The number of esters is 1. The van der Waals surface area contributed by atoms with Crippen molar-refractivity contribution in [2.75, 3.05) is 14.2 Å². The zero-order valence-corrected chi connectivity index (χ0v) is 24.6. The van der Waals surface area contributed by atoms with Crippen LogP contribution in [0.4, 0.5) is 4.39 Å². The van der Waals surface area contributed by atoms with Gasteiger partial charge >= 0.3 is 5.97 Å². The Bertz CT molecular complexity index is 1400. The average molecular weight is 545 g/mol.